The largest absolute Gasteiger partial charge is 0.440 e. The van der Waals surface area contributed by atoms with Crippen LogP contribution >= 0.6 is 0 Å². The van der Waals surface area contributed by atoms with Crippen LogP contribution in [0.2, 0.25) is 0 Å². The quantitative estimate of drug-likeness (QED) is 0.722. The Morgan fingerprint density at radius 3 is 2.33 bits per heavy atom. The lowest BCUT2D eigenvalue weighted by atomic mass is 10.3. The van der Waals surface area contributed by atoms with E-state index in [1.807, 2.05) is 6.92 Å². The molecule has 6 heteroatoms. The van der Waals surface area contributed by atoms with Gasteiger partial charge in [0.1, 0.15) is 0 Å². The molecule has 0 rings (SSSR count). The van der Waals surface area contributed by atoms with Gasteiger partial charge in [0.15, 0.2) is 6.61 Å². The highest BCUT2D eigenvalue weighted by Crippen LogP contribution is 2.15. The molecule has 0 aromatic rings. The minimum absolute atomic E-state index is 0.358. The van der Waals surface area contributed by atoms with Gasteiger partial charge in [-0.1, -0.05) is 13.3 Å². The molecule has 0 saturated carbocycles. The van der Waals surface area contributed by atoms with Crippen LogP contribution in [-0.4, -0.2) is 36.9 Å². The molecule has 90 valence electrons. The lowest BCUT2D eigenvalue weighted by Crippen LogP contribution is -2.34. The Balaban J connectivity index is 3.94. The summed E-state index contributed by atoms with van der Waals surface area (Å²) in [5, 5.41) is 0. The molecule has 0 saturated heterocycles. The monoisotopic (exact) mass is 227 g/mol. The van der Waals surface area contributed by atoms with Gasteiger partial charge in [-0.05, 0) is 13.3 Å². The average molecular weight is 227 g/mol. The van der Waals surface area contributed by atoms with E-state index in [2.05, 4.69) is 4.74 Å². The summed E-state index contributed by atoms with van der Waals surface area (Å²) in [6.45, 7) is 2.91. The summed E-state index contributed by atoms with van der Waals surface area (Å²) in [5.41, 5.74) is 0. The standard InChI is InChI=1S/C9H16F3NO2/c1-3-5-6-13(4-2)8(14)15-7-9(10,11)12/h3-7H2,1-2H3. The van der Waals surface area contributed by atoms with Gasteiger partial charge in [-0.2, -0.15) is 13.2 Å². The van der Waals surface area contributed by atoms with Gasteiger partial charge < -0.3 is 9.64 Å². The fourth-order valence-corrected chi connectivity index (χ4v) is 0.962. The van der Waals surface area contributed by atoms with Crippen molar-refractivity contribution >= 4 is 6.09 Å². The summed E-state index contributed by atoms with van der Waals surface area (Å²) in [7, 11) is 0. The molecule has 15 heavy (non-hydrogen) atoms. The first kappa shape index (κ1) is 14.1. The summed E-state index contributed by atoms with van der Waals surface area (Å²) in [6, 6.07) is 0. The number of rotatable bonds is 5. The Morgan fingerprint density at radius 2 is 1.93 bits per heavy atom. The minimum atomic E-state index is -4.46. The summed E-state index contributed by atoms with van der Waals surface area (Å²) in [6.07, 6.45) is -3.72. The predicted molar refractivity (Wildman–Crippen MR) is 49.6 cm³/mol. The number of carbonyl (C=O) groups excluding carboxylic acids is 1. The second-order valence-electron chi connectivity index (χ2n) is 3.10. The third kappa shape index (κ3) is 7.04. The lowest BCUT2D eigenvalue weighted by molar-refractivity contribution is -0.162. The number of amides is 1. The van der Waals surface area contributed by atoms with Crippen LogP contribution < -0.4 is 0 Å². The van der Waals surface area contributed by atoms with E-state index in [0.717, 1.165) is 12.8 Å². The number of ether oxygens (including phenoxy) is 1. The molecule has 0 bridgehead atoms. The van der Waals surface area contributed by atoms with Crippen LogP contribution in [-0.2, 0) is 4.74 Å². The van der Waals surface area contributed by atoms with E-state index in [0.29, 0.717) is 13.1 Å². The number of carbonyl (C=O) groups is 1. The first-order valence-corrected chi connectivity index (χ1v) is 4.89. The molecule has 0 radical (unpaired) electrons. The number of nitrogens with zero attached hydrogens (tertiary/aromatic N) is 1. The molecular weight excluding hydrogens is 211 g/mol. The Bertz CT molecular complexity index is 194. The van der Waals surface area contributed by atoms with Crippen molar-refractivity contribution in [2.45, 2.75) is 32.9 Å². The van der Waals surface area contributed by atoms with Crippen LogP contribution in [0.4, 0.5) is 18.0 Å². The van der Waals surface area contributed by atoms with Crippen LogP contribution in [0.25, 0.3) is 0 Å². The second-order valence-corrected chi connectivity index (χ2v) is 3.10. The first-order chi connectivity index (χ1) is 6.90. The van der Waals surface area contributed by atoms with E-state index in [-0.39, 0.29) is 0 Å². The number of halogens is 3. The highest BCUT2D eigenvalue weighted by molar-refractivity contribution is 5.67. The smallest absolute Gasteiger partial charge is 0.422 e. The fourth-order valence-electron chi connectivity index (χ4n) is 0.962. The van der Waals surface area contributed by atoms with E-state index in [9.17, 15) is 18.0 Å². The molecule has 0 aliphatic heterocycles. The maximum atomic E-state index is 11.7. The molecule has 0 spiro atoms. The van der Waals surface area contributed by atoms with Gasteiger partial charge in [0.25, 0.3) is 0 Å². The van der Waals surface area contributed by atoms with Crippen molar-refractivity contribution < 1.29 is 22.7 Å². The van der Waals surface area contributed by atoms with Gasteiger partial charge in [0, 0.05) is 13.1 Å². The van der Waals surface area contributed by atoms with E-state index in [4.69, 9.17) is 0 Å². The molecule has 0 heterocycles. The molecule has 1 amide bonds. The number of hydrogen-bond donors (Lipinski definition) is 0. The molecule has 0 aromatic carbocycles. The van der Waals surface area contributed by atoms with Crippen molar-refractivity contribution in [2.24, 2.45) is 0 Å². The van der Waals surface area contributed by atoms with Crippen LogP contribution in [0.3, 0.4) is 0 Å². The topological polar surface area (TPSA) is 29.5 Å². The second kappa shape index (κ2) is 6.53. The Kier molecular flexibility index (Phi) is 6.12. The first-order valence-electron chi connectivity index (χ1n) is 4.89. The maximum absolute atomic E-state index is 11.7. The van der Waals surface area contributed by atoms with Gasteiger partial charge in [-0.3, -0.25) is 0 Å². The molecule has 0 aliphatic rings. The van der Waals surface area contributed by atoms with Crippen LogP contribution in [0.1, 0.15) is 26.7 Å². The molecule has 0 atom stereocenters. The normalized spacial score (nSPS) is 11.3. The predicted octanol–water partition coefficient (Wildman–Crippen LogP) is 2.81. The van der Waals surface area contributed by atoms with E-state index in [1.165, 1.54) is 4.90 Å². The van der Waals surface area contributed by atoms with Gasteiger partial charge in [-0.25, -0.2) is 4.79 Å². The molecule has 0 N–H and O–H groups in total. The third-order valence-electron chi connectivity index (χ3n) is 1.78. The Morgan fingerprint density at radius 1 is 1.33 bits per heavy atom. The van der Waals surface area contributed by atoms with Crippen molar-refractivity contribution in [3.05, 3.63) is 0 Å². The SMILES string of the molecule is CCCCN(CC)C(=O)OCC(F)(F)F. The van der Waals surface area contributed by atoms with Crippen molar-refractivity contribution in [3.63, 3.8) is 0 Å². The zero-order valence-corrected chi connectivity index (χ0v) is 8.93. The number of alkyl halides is 3. The van der Waals surface area contributed by atoms with Crippen LogP contribution in [0, 0.1) is 0 Å². The zero-order chi connectivity index (χ0) is 11.9. The van der Waals surface area contributed by atoms with Crippen LogP contribution in [0.5, 0.6) is 0 Å². The molecule has 0 unspecified atom stereocenters. The summed E-state index contributed by atoms with van der Waals surface area (Å²) in [4.78, 5) is 12.4. The van der Waals surface area contributed by atoms with Crippen LogP contribution in [0.15, 0.2) is 0 Å². The molecule has 0 aliphatic carbocycles. The molecule has 0 aromatic heterocycles. The van der Waals surface area contributed by atoms with Gasteiger partial charge in [-0.15, -0.1) is 0 Å². The Hall–Kier alpha value is -0.940. The third-order valence-corrected chi connectivity index (χ3v) is 1.78. The van der Waals surface area contributed by atoms with Crippen molar-refractivity contribution in [1.29, 1.82) is 0 Å². The Labute approximate surface area is 87.2 Å². The molecule has 3 nitrogen and oxygen atoms in total. The van der Waals surface area contributed by atoms with Crippen molar-refractivity contribution in [3.8, 4) is 0 Å². The summed E-state index contributed by atoms with van der Waals surface area (Å²) in [5.74, 6) is 0. The highest BCUT2D eigenvalue weighted by atomic mass is 19.4. The molecular formula is C9H16F3NO2. The van der Waals surface area contributed by atoms with E-state index in [1.54, 1.807) is 6.92 Å². The number of hydrogen-bond acceptors (Lipinski definition) is 2. The molecule has 0 fully saturated rings. The van der Waals surface area contributed by atoms with Crippen molar-refractivity contribution in [2.75, 3.05) is 19.7 Å². The highest BCUT2D eigenvalue weighted by Gasteiger charge is 2.30. The van der Waals surface area contributed by atoms with E-state index < -0.39 is 18.9 Å². The average Bonchev–Trinajstić information content (AvgIpc) is 2.15. The van der Waals surface area contributed by atoms with E-state index >= 15 is 0 Å². The number of unbranched alkanes of at least 4 members (excludes halogenated alkanes) is 1. The fraction of sp³-hybridized carbons (Fsp3) is 0.889. The minimum Gasteiger partial charge on any atom is -0.440 e. The lowest BCUT2D eigenvalue weighted by Gasteiger charge is -2.20. The van der Waals surface area contributed by atoms with Gasteiger partial charge in [0.2, 0.25) is 0 Å². The van der Waals surface area contributed by atoms with Crippen molar-refractivity contribution in [1.82, 2.24) is 4.90 Å². The summed E-state index contributed by atoms with van der Waals surface area (Å²) >= 11 is 0. The van der Waals surface area contributed by atoms with Gasteiger partial charge >= 0.3 is 12.3 Å². The van der Waals surface area contributed by atoms with Gasteiger partial charge in [0.05, 0.1) is 0 Å². The zero-order valence-electron chi connectivity index (χ0n) is 8.93. The summed E-state index contributed by atoms with van der Waals surface area (Å²) < 4.78 is 39.3. The maximum Gasteiger partial charge on any atom is 0.422 e.